The van der Waals surface area contributed by atoms with Crippen molar-refractivity contribution >= 4 is 45.9 Å². The number of carbonyl (C=O) groups excluding carboxylic acids is 1. The van der Waals surface area contributed by atoms with Crippen LogP contribution in [0, 0.1) is 25.0 Å². The summed E-state index contributed by atoms with van der Waals surface area (Å²) in [6.07, 6.45) is 3.03. The van der Waals surface area contributed by atoms with Gasteiger partial charge in [-0.25, -0.2) is 0 Å². The zero-order valence-electron chi connectivity index (χ0n) is 15.3. The minimum atomic E-state index is -0.637. The number of halogens is 1. The molecule has 0 saturated heterocycles. The number of nitro benzene ring substituents is 1. The largest absolute Gasteiger partial charge is 0.493 e. The Hall–Kier alpha value is -3.39. The summed E-state index contributed by atoms with van der Waals surface area (Å²) in [5.41, 5.74) is 0.676. The molecule has 1 amide bonds. The molecule has 0 radical (unpaired) electrons. The third-order valence-corrected chi connectivity index (χ3v) is 4.41. The zero-order chi connectivity index (χ0) is 21.4. The molecule has 2 rings (SSSR count). The van der Waals surface area contributed by atoms with Crippen molar-refractivity contribution in [3.63, 3.8) is 0 Å². The highest BCUT2D eigenvalue weighted by molar-refractivity contribution is 14.1. The first kappa shape index (κ1) is 21.9. The number of anilines is 1. The fraction of sp³-hybridized carbons (Fsp3) is 0.100. The number of nitrogens with one attached hydrogen (secondary N) is 1. The molecule has 8 nitrogen and oxygen atoms in total. The molecule has 0 unspecified atom stereocenters. The van der Waals surface area contributed by atoms with Crippen LogP contribution in [0.2, 0.25) is 0 Å². The number of nitro groups is 1. The van der Waals surface area contributed by atoms with Gasteiger partial charge in [0.2, 0.25) is 0 Å². The predicted octanol–water partition coefficient (Wildman–Crippen LogP) is 4.32. The fourth-order valence-corrected chi connectivity index (χ4v) is 3.07. The van der Waals surface area contributed by atoms with Crippen molar-refractivity contribution in [1.29, 1.82) is 5.26 Å². The summed E-state index contributed by atoms with van der Waals surface area (Å²) in [4.78, 5) is 22.6. The number of amides is 1. The maximum absolute atomic E-state index is 12.4. The SMILES string of the molecule is C=CCOc1c(I)cc(/C=C(\C#N)C(=O)Nc2ccc([N+](=O)[O-])cc2)cc1OC. The Morgan fingerprint density at radius 2 is 2.07 bits per heavy atom. The maximum atomic E-state index is 12.4. The summed E-state index contributed by atoms with van der Waals surface area (Å²) >= 11 is 2.07. The molecule has 148 valence electrons. The van der Waals surface area contributed by atoms with Gasteiger partial charge >= 0.3 is 0 Å². The summed E-state index contributed by atoms with van der Waals surface area (Å²) in [7, 11) is 1.49. The first-order valence-corrected chi connectivity index (χ1v) is 9.26. The molecule has 0 aliphatic rings. The second kappa shape index (κ2) is 10.2. The standard InChI is InChI=1S/C20H16IN3O5/c1-3-8-29-19-17(21)10-13(11-18(19)28-2)9-14(12-22)20(25)23-15-4-6-16(7-5-15)24(26)27/h3-7,9-11H,1,8H2,2H3,(H,23,25)/b14-9+. The van der Waals surface area contributed by atoms with E-state index in [4.69, 9.17) is 9.47 Å². The van der Waals surface area contributed by atoms with Crippen LogP contribution < -0.4 is 14.8 Å². The second-order valence-corrected chi connectivity index (χ2v) is 6.72. The Bertz CT molecular complexity index is 1010. The van der Waals surface area contributed by atoms with Gasteiger partial charge in [-0.05, 0) is 58.5 Å². The van der Waals surface area contributed by atoms with Crippen LogP contribution in [-0.2, 0) is 4.79 Å². The number of methoxy groups -OCH3 is 1. The van der Waals surface area contributed by atoms with Crippen LogP contribution in [0.4, 0.5) is 11.4 Å². The number of hydrogen-bond donors (Lipinski definition) is 1. The van der Waals surface area contributed by atoms with Crippen LogP contribution in [-0.4, -0.2) is 24.5 Å². The van der Waals surface area contributed by atoms with Gasteiger partial charge in [0.05, 0.1) is 15.6 Å². The Kier molecular flexibility index (Phi) is 7.73. The molecule has 2 aromatic carbocycles. The molecule has 0 atom stereocenters. The third-order valence-electron chi connectivity index (χ3n) is 3.61. The number of nitrogens with zero attached hydrogens (tertiary/aromatic N) is 2. The van der Waals surface area contributed by atoms with Gasteiger partial charge < -0.3 is 14.8 Å². The van der Waals surface area contributed by atoms with Crippen LogP contribution in [0.5, 0.6) is 11.5 Å². The van der Waals surface area contributed by atoms with Crippen LogP contribution in [0.3, 0.4) is 0 Å². The summed E-state index contributed by atoms with van der Waals surface area (Å²) in [5, 5.41) is 22.6. The van der Waals surface area contributed by atoms with E-state index in [1.807, 2.05) is 6.07 Å². The molecule has 0 aliphatic heterocycles. The molecule has 2 aromatic rings. The predicted molar refractivity (Wildman–Crippen MR) is 117 cm³/mol. The van der Waals surface area contributed by atoms with E-state index in [0.29, 0.717) is 29.4 Å². The van der Waals surface area contributed by atoms with Crippen molar-refractivity contribution in [3.8, 4) is 17.6 Å². The molecule has 0 aromatic heterocycles. The van der Waals surface area contributed by atoms with Crippen LogP contribution in [0.1, 0.15) is 5.56 Å². The lowest BCUT2D eigenvalue weighted by Crippen LogP contribution is -2.13. The van der Waals surface area contributed by atoms with Crippen molar-refractivity contribution in [2.45, 2.75) is 0 Å². The van der Waals surface area contributed by atoms with Gasteiger partial charge in [-0.1, -0.05) is 12.7 Å². The van der Waals surface area contributed by atoms with Crippen LogP contribution in [0.15, 0.2) is 54.6 Å². The van der Waals surface area contributed by atoms with Crippen molar-refractivity contribution in [3.05, 3.63) is 73.9 Å². The van der Waals surface area contributed by atoms with E-state index in [-0.39, 0.29) is 11.3 Å². The molecule has 29 heavy (non-hydrogen) atoms. The lowest BCUT2D eigenvalue weighted by atomic mass is 10.1. The third kappa shape index (κ3) is 5.79. The highest BCUT2D eigenvalue weighted by Crippen LogP contribution is 2.34. The molecule has 0 fully saturated rings. The highest BCUT2D eigenvalue weighted by Gasteiger charge is 2.14. The quantitative estimate of drug-likeness (QED) is 0.143. The minimum absolute atomic E-state index is 0.0977. The number of carbonyl (C=O) groups is 1. The average molecular weight is 505 g/mol. The lowest BCUT2D eigenvalue weighted by Gasteiger charge is -2.12. The first-order chi connectivity index (χ1) is 13.9. The van der Waals surface area contributed by atoms with E-state index in [1.165, 1.54) is 37.5 Å². The Labute approximate surface area is 180 Å². The van der Waals surface area contributed by atoms with Crippen molar-refractivity contribution < 1.29 is 19.2 Å². The van der Waals surface area contributed by atoms with Crippen LogP contribution in [0.25, 0.3) is 6.08 Å². The molecule has 9 heteroatoms. The topological polar surface area (TPSA) is 114 Å². The van der Waals surface area contributed by atoms with E-state index >= 15 is 0 Å². The van der Waals surface area contributed by atoms with Crippen LogP contribution >= 0.6 is 22.6 Å². The molecular weight excluding hydrogens is 489 g/mol. The molecule has 0 spiro atoms. The number of hydrogen-bond acceptors (Lipinski definition) is 6. The number of benzene rings is 2. The summed E-state index contributed by atoms with van der Waals surface area (Å²) in [6.45, 7) is 3.91. The van der Waals surface area contributed by atoms with Gasteiger partial charge in [-0.15, -0.1) is 0 Å². The Morgan fingerprint density at radius 3 is 2.62 bits per heavy atom. The van der Waals surface area contributed by atoms with E-state index in [9.17, 15) is 20.2 Å². The van der Waals surface area contributed by atoms with Crippen molar-refractivity contribution in [1.82, 2.24) is 0 Å². The summed E-state index contributed by atoms with van der Waals surface area (Å²) < 4.78 is 11.7. The van der Waals surface area contributed by atoms with Crippen molar-refractivity contribution in [2.75, 3.05) is 19.0 Å². The van der Waals surface area contributed by atoms with Gasteiger partial charge in [0.15, 0.2) is 11.5 Å². The van der Waals surface area contributed by atoms with E-state index in [1.54, 1.807) is 18.2 Å². The van der Waals surface area contributed by atoms with E-state index in [2.05, 4.69) is 34.5 Å². The summed E-state index contributed by atoms with van der Waals surface area (Å²) in [5.74, 6) is 0.361. The van der Waals surface area contributed by atoms with Gasteiger partial charge in [0.25, 0.3) is 11.6 Å². The molecule has 0 bridgehead atoms. The fourth-order valence-electron chi connectivity index (χ4n) is 2.29. The number of non-ortho nitro benzene ring substituents is 1. The van der Waals surface area contributed by atoms with E-state index in [0.717, 1.165) is 3.57 Å². The van der Waals surface area contributed by atoms with Gasteiger partial charge in [0.1, 0.15) is 18.2 Å². The molecule has 0 aliphatic carbocycles. The number of rotatable bonds is 8. The number of ether oxygens (including phenoxy) is 2. The summed E-state index contributed by atoms with van der Waals surface area (Å²) in [6, 6.07) is 10.6. The normalized spacial score (nSPS) is 10.6. The van der Waals surface area contributed by atoms with Gasteiger partial charge in [-0.3, -0.25) is 14.9 Å². The van der Waals surface area contributed by atoms with E-state index < -0.39 is 10.8 Å². The second-order valence-electron chi connectivity index (χ2n) is 5.56. The average Bonchev–Trinajstić information content (AvgIpc) is 2.71. The molecule has 0 saturated carbocycles. The van der Waals surface area contributed by atoms with Gasteiger partial charge in [0, 0.05) is 17.8 Å². The molecular formula is C20H16IN3O5. The minimum Gasteiger partial charge on any atom is -0.493 e. The monoisotopic (exact) mass is 505 g/mol. The highest BCUT2D eigenvalue weighted by atomic mass is 127. The maximum Gasteiger partial charge on any atom is 0.269 e. The smallest absolute Gasteiger partial charge is 0.269 e. The molecule has 1 N–H and O–H groups in total. The zero-order valence-corrected chi connectivity index (χ0v) is 17.5. The first-order valence-electron chi connectivity index (χ1n) is 8.18. The van der Waals surface area contributed by atoms with Crippen molar-refractivity contribution in [2.24, 2.45) is 0 Å². The lowest BCUT2D eigenvalue weighted by molar-refractivity contribution is -0.384. The molecule has 0 heterocycles. The van der Waals surface area contributed by atoms with Gasteiger partial charge in [-0.2, -0.15) is 5.26 Å². The number of nitriles is 1. The Morgan fingerprint density at radius 1 is 1.38 bits per heavy atom. The Balaban J connectivity index is 2.27.